The summed E-state index contributed by atoms with van der Waals surface area (Å²) in [5, 5.41) is 4.77. The van der Waals surface area contributed by atoms with Gasteiger partial charge in [0.1, 0.15) is 5.52 Å². The number of carbonyl (C=O) groups is 1. The average molecular weight is 363 g/mol. The molecule has 0 bridgehead atoms. The second-order valence-corrected chi connectivity index (χ2v) is 7.02. The quantitative estimate of drug-likeness (QED) is 0.562. The highest BCUT2D eigenvalue weighted by Gasteiger charge is 2.11. The molecular formula is C20H17N3O2S. The van der Waals surface area contributed by atoms with Gasteiger partial charge in [0.05, 0.1) is 4.88 Å². The normalized spacial score (nSPS) is 10.8. The molecule has 130 valence electrons. The van der Waals surface area contributed by atoms with Gasteiger partial charge in [0.2, 0.25) is 5.89 Å². The van der Waals surface area contributed by atoms with Gasteiger partial charge in [-0.25, -0.2) is 4.98 Å². The van der Waals surface area contributed by atoms with E-state index in [4.69, 9.17) is 4.42 Å². The van der Waals surface area contributed by atoms with Crippen LogP contribution >= 0.6 is 11.3 Å². The van der Waals surface area contributed by atoms with Crippen LogP contribution in [0.2, 0.25) is 0 Å². The van der Waals surface area contributed by atoms with Crippen LogP contribution in [0.15, 0.2) is 64.4 Å². The van der Waals surface area contributed by atoms with E-state index in [2.05, 4.69) is 10.3 Å². The van der Waals surface area contributed by atoms with Crippen LogP contribution in [0.5, 0.6) is 0 Å². The van der Waals surface area contributed by atoms with Crippen molar-refractivity contribution in [3.63, 3.8) is 0 Å². The van der Waals surface area contributed by atoms with E-state index in [9.17, 15) is 4.79 Å². The third-order valence-electron chi connectivity index (χ3n) is 4.02. The lowest BCUT2D eigenvalue weighted by Crippen LogP contribution is -2.09. The Bertz CT molecular complexity index is 1050. The fourth-order valence-corrected chi connectivity index (χ4v) is 3.25. The van der Waals surface area contributed by atoms with Crippen molar-refractivity contribution in [2.24, 2.45) is 0 Å². The van der Waals surface area contributed by atoms with Gasteiger partial charge in [-0.1, -0.05) is 6.07 Å². The highest BCUT2D eigenvalue weighted by molar-refractivity contribution is 7.12. The third kappa shape index (κ3) is 3.19. The van der Waals surface area contributed by atoms with E-state index in [0.717, 1.165) is 11.3 Å². The standard InChI is InChI=1S/C20H17N3O2S/c1-23(2)15-8-5-13(6-9-15)20-22-16-12-14(7-10-17(16)25-20)21-19(24)18-4-3-11-26-18/h3-12H,1-2H3,(H,21,24). The first-order chi connectivity index (χ1) is 12.6. The summed E-state index contributed by atoms with van der Waals surface area (Å²) in [7, 11) is 4.00. The number of hydrogen-bond acceptors (Lipinski definition) is 5. The minimum Gasteiger partial charge on any atom is -0.436 e. The number of anilines is 2. The van der Waals surface area contributed by atoms with Gasteiger partial charge in [0.15, 0.2) is 5.58 Å². The highest BCUT2D eigenvalue weighted by atomic mass is 32.1. The number of amides is 1. The minimum atomic E-state index is -0.123. The van der Waals surface area contributed by atoms with Gasteiger partial charge in [0, 0.05) is 31.0 Å². The molecule has 2 aromatic carbocycles. The number of aromatic nitrogens is 1. The molecule has 0 unspecified atom stereocenters. The lowest BCUT2D eigenvalue weighted by Gasteiger charge is -2.11. The van der Waals surface area contributed by atoms with Crippen LogP contribution in [0.25, 0.3) is 22.6 Å². The summed E-state index contributed by atoms with van der Waals surface area (Å²) in [6.45, 7) is 0. The second-order valence-electron chi connectivity index (χ2n) is 6.07. The maximum absolute atomic E-state index is 12.2. The fourth-order valence-electron chi connectivity index (χ4n) is 2.63. The molecule has 0 saturated heterocycles. The number of nitrogens with zero attached hydrogens (tertiary/aromatic N) is 2. The molecule has 0 radical (unpaired) electrons. The number of oxazole rings is 1. The Kier molecular flexibility index (Phi) is 4.18. The van der Waals surface area contributed by atoms with E-state index in [0.29, 0.717) is 27.6 Å². The molecule has 0 atom stereocenters. The maximum Gasteiger partial charge on any atom is 0.265 e. The predicted molar refractivity (Wildman–Crippen MR) is 106 cm³/mol. The summed E-state index contributed by atoms with van der Waals surface area (Å²) >= 11 is 1.41. The lowest BCUT2D eigenvalue weighted by molar-refractivity contribution is 0.103. The zero-order chi connectivity index (χ0) is 18.1. The molecular weight excluding hydrogens is 346 g/mol. The van der Waals surface area contributed by atoms with Crippen molar-refractivity contribution < 1.29 is 9.21 Å². The van der Waals surface area contributed by atoms with E-state index in [1.165, 1.54) is 11.3 Å². The predicted octanol–water partition coefficient (Wildman–Crippen LogP) is 4.87. The minimum absolute atomic E-state index is 0.123. The Morgan fingerprint density at radius 1 is 1.12 bits per heavy atom. The molecule has 26 heavy (non-hydrogen) atoms. The van der Waals surface area contributed by atoms with Crippen molar-refractivity contribution in [3.8, 4) is 11.5 Å². The van der Waals surface area contributed by atoms with Crippen molar-refractivity contribution in [3.05, 3.63) is 64.9 Å². The first-order valence-corrected chi connectivity index (χ1v) is 9.01. The van der Waals surface area contributed by atoms with Gasteiger partial charge in [-0.2, -0.15) is 0 Å². The number of rotatable bonds is 4. The van der Waals surface area contributed by atoms with Crippen molar-refractivity contribution in [2.45, 2.75) is 0 Å². The van der Waals surface area contributed by atoms with Gasteiger partial charge in [0.25, 0.3) is 5.91 Å². The molecule has 1 N–H and O–H groups in total. The van der Waals surface area contributed by atoms with Gasteiger partial charge < -0.3 is 14.6 Å². The van der Waals surface area contributed by atoms with Gasteiger partial charge in [-0.3, -0.25) is 4.79 Å². The third-order valence-corrected chi connectivity index (χ3v) is 4.89. The van der Waals surface area contributed by atoms with Gasteiger partial charge in [-0.15, -0.1) is 11.3 Å². The summed E-state index contributed by atoms with van der Waals surface area (Å²) in [6, 6.07) is 17.1. The van der Waals surface area contributed by atoms with Crippen LogP contribution in [-0.2, 0) is 0 Å². The van der Waals surface area contributed by atoms with Crippen LogP contribution < -0.4 is 10.2 Å². The lowest BCUT2D eigenvalue weighted by atomic mass is 10.2. The smallest absolute Gasteiger partial charge is 0.265 e. The molecule has 0 spiro atoms. The number of hydrogen-bond donors (Lipinski definition) is 1. The van der Waals surface area contributed by atoms with Crippen LogP contribution in [0, 0.1) is 0 Å². The van der Waals surface area contributed by atoms with Crippen molar-refractivity contribution >= 4 is 39.7 Å². The molecule has 0 aliphatic rings. The summed E-state index contributed by atoms with van der Waals surface area (Å²) in [5.74, 6) is 0.439. The van der Waals surface area contributed by atoms with Gasteiger partial charge >= 0.3 is 0 Å². The SMILES string of the molecule is CN(C)c1ccc(-c2nc3cc(NC(=O)c4cccs4)ccc3o2)cc1. The Hall–Kier alpha value is -3.12. The average Bonchev–Trinajstić information content (AvgIpc) is 3.31. The molecule has 0 fully saturated rings. The Morgan fingerprint density at radius 2 is 1.92 bits per heavy atom. The molecule has 4 aromatic rings. The number of nitrogens with one attached hydrogen (secondary N) is 1. The first kappa shape index (κ1) is 16.4. The molecule has 0 saturated carbocycles. The Balaban J connectivity index is 1.60. The number of carbonyl (C=O) groups excluding carboxylic acids is 1. The van der Waals surface area contributed by atoms with E-state index in [1.54, 1.807) is 6.07 Å². The number of thiophene rings is 1. The fraction of sp³-hybridized carbons (Fsp3) is 0.100. The molecule has 2 aromatic heterocycles. The summed E-state index contributed by atoms with van der Waals surface area (Å²) in [6.07, 6.45) is 0. The van der Waals surface area contributed by atoms with E-state index >= 15 is 0 Å². The van der Waals surface area contributed by atoms with Crippen LogP contribution in [0.3, 0.4) is 0 Å². The molecule has 1 amide bonds. The topological polar surface area (TPSA) is 58.4 Å². The molecule has 6 heteroatoms. The maximum atomic E-state index is 12.2. The molecule has 5 nitrogen and oxygen atoms in total. The summed E-state index contributed by atoms with van der Waals surface area (Å²) in [5.41, 5.74) is 4.12. The van der Waals surface area contributed by atoms with Gasteiger partial charge in [-0.05, 0) is 53.9 Å². The Labute approximate surface area is 154 Å². The molecule has 0 aliphatic carbocycles. The summed E-state index contributed by atoms with van der Waals surface area (Å²) < 4.78 is 5.85. The monoisotopic (exact) mass is 363 g/mol. The van der Waals surface area contributed by atoms with Crippen LogP contribution in [0.1, 0.15) is 9.67 Å². The van der Waals surface area contributed by atoms with E-state index < -0.39 is 0 Å². The van der Waals surface area contributed by atoms with Crippen molar-refractivity contribution in [1.29, 1.82) is 0 Å². The number of benzene rings is 2. The molecule has 4 rings (SSSR count). The van der Waals surface area contributed by atoms with Crippen molar-refractivity contribution in [1.82, 2.24) is 4.98 Å². The summed E-state index contributed by atoms with van der Waals surface area (Å²) in [4.78, 5) is 19.4. The Morgan fingerprint density at radius 3 is 2.62 bits per heavy atom. The molecule has 2 heterocycles. The second kappa shape index (κ2) is 6.65. The zero-order valence-corrected chi connectivity index (χ0v) is 15.2. The van der Waals surface area contributed by atoms with Crippen LogP contribution in [-0.4, -0.2) is 25.0 Å². The molecule has 0 aliphatic heterocycles. The van der Waals surface area contributed by atoms with Crippen LogP contribution in [0.4, 0.5) is 11.4 Å². The zero-order valence-electron chi connectivity index (χ0n) is 14.4. The highest BCUT2D eigenvalue weighted by Crippen LogP contribution is 2.27. The number of fused-ring (bicyclic) bond motifs is 1. The first-order valence-electron chi connectivity index (χ1n) is 8.13. The van der Waals surface area contributed by atoms with Crippen molar-refractivity contribution in [2.75, 3.05) is 24.3 Å². The largest absolute Gasteiger partial charge is 0.436 e. The van der Waals surface area contributed by atoms with E-state index in [-0.39, 0.29) is 5.91 Å². The van der Waals surface area contributed by atoms with E-state index in [1.807, 2.05) is 72.9 Å².